The van der Waals surface area contributed by atoms with E-state index >= 15 is 0 Å². The molecule has 0 spiro atoms. The van der Waals surface area contributed by atoms with Crippen LogP contribution in [0.2, 0.25) is 0 Å². The van der Waals surface area contributed by atoms with Crippen LogP contribution in [0.3, 0.4) is 0 Å². The number of halogens is 1. The Morgan fingerprint density at radius 2 is 1.97 bits per heavy atom. The van der Waals surface area contributed by atoms with E-state index < -0.39 is 5.82 Å². The largest absolute Gasteiger partial charge is 0.329 e. The highest BCUT2D eigenvalue weighted by Gasteiger charge is 2.26. The summed E-state index contributed by atoms with van der Waals surface area (Å²) in [6.07, 6.45) is 2.04. The summed E-state index contributed by atoms with van der Waals surface area (Å²) in [6, 6.07) is 11.7. The van der Waals surface area contributed by atoms with Crippen LogP contribution in [0.1, 0.15) is 34.5 Å². The average molecular weight is 432 g/mol. The van der Waals surface area contributed by atoms with Crippen LogP contribution in [0.25, 0.3) is 10.9 Å². The quantitative estimate of drug-likeness (QED) is 0.494. The molecule has 0 saturated heterocycles. The number of hydrogen-bond acceptors (Lipinski definition) is 5. The van der Waals surface area contributed by atoms with E-state index in [2.05, 4.69) is 15.3 Å². The summed E-state index contributed by atoms with van der Waals surface area (Å²) in [5.74, 6) is 0.648. The first-order chi connectivity index (χ1) is 15.5. The van der Waals surface area contributed by atoms with Gasteiger partial charge >= 0.3 is 0 Å². The molecule has 0 aliphatic carbocycles. The van der Waals surface area contributed by atoms with Crippen LogP contribution in [-0.2, 0) is 26.1 Å². The summed E-state index contributed by atoms with van der Waals surface area (Å²) in [4.78, 5) is 26.8. The Labute approximate surface area is 182 Å². The number of amides is 1. The van der Waals surface area contributed by atoms with Crippen molar-refractivity contribution in [3.63, 3.8) is 0 Å². The first-order valence-electron chi connectivity index (χ1n) is 10.5. The highest BCUT2D eigenvalue weighted by atomic mass is 19.1. The molecule has 1 amide bonds. The number of fused-ring (bicyclic) bond motifs is 2. The Morgan fingerprint density at radius 3 is 2.81 bits per heavy atom. The average Bonchev–Trinajstić information content (AvgIpc) is 3.24. The Hall–Kier alpha value is -3.88. The SMILES string of the molecule is CCc1nnc2n1CCN(C(=O)c1cc(Cn3ncc(=O)c4ccccc43)ccc1F)C2. The van der Waals surface area contributed by atoms with Gasteiger partial charge in [-0.25, -0.2) is 4.39 Å². The molecule has 0 atom stereocenters. The number of aromatic nitrogens is 5. The van der Waals surface area contributed by atoms with Crippen molar-refractivity contribution in [3.05, 3.63) is 87.5 Å². The summed E-state index contributed by atoms with van der Waals surface area (Å²) in [6.45, 7) is 3.66. The van der Waals surface area contributed by atoms with E-state index in [1.165, 1.54) is 12.3 Å². The van der Waals surface area contributed by atoms with Gasteiger partial charge in [0.2, 0.25) is 5.43 Å². The first-order valence-corrected chi connectivity index (χ1v) is 10.5. The second-order valence-corrected chi connectivity index (χ2v) is 7.76. The Balaban J connectivity index is 1.43. The maximum absolute atomic E-state index is 14.6. The van der Waals surface area contributed by atoms with Crippen molar-refractivity contribution in [3.8, 4) is 0 Å². The lowest BCUT2D eigenvalue weighted by molar-refractivity contribution is 0.0701. The summed E-state index contributed by atoms with van der Waals surface area (Å²) in [7, 11) is 0. The molecule has 0 unspecified atom stereocenters. The number of rotatable bonds is 4. The number of nitrogens with zero attached hydrogens (tertiary/aromatic N) is 6. The molecule has 9 heteroatoms. The van der Waals surface area contributed by atoms with Crippen LogP contribution in [0.15, 0.2) is 53.5 Å². The highest BCUT2D eigenvalue weighted by Crippen LogP contribution is 2.20. The third-order valence-electron chi connectivity index (χ3n) is 5.79. The van der Waals surface area contributed by atoms with Gasteiger partial charge in [-0.3, -0.25) is 14.3 Å². The van der Waals surface area contributed by atoms with Gasteiger partial charge in [0.15, 0.2) is 5.82 Å². The molecular formula is C23H21FN6O2. The molecule has 4 aromatic rings. The van der Waals surface area contributed by atoms with Crippen molar-refractivity contribution in [2.45, 2.75) is 33.0 Å². The predicted molar refractivity (Wildman–Crippen MR) is 116 cm³/mol. The van der Waals surface area contributed by atoms with Gasteiger partial charge in [0, 0.05) is 24.9 Å². The van der Waals surface area contributed by atoms with Gasteiger partial charge in [-0.05, 0) is 29.8 Å². The van der Waals surface area contributed by atoms with E-state index in [0.29, 0.717) is 48.5 Å². The second-order valence-electron chi connectivity index (χ2n) is 7.76. The molecule has 2 aromatic heterocycles. The van der Waals surface area contributed by atoms with Gasteiger partial charge in [0.25, 0.3) is 5.91 Å². The normalized spacial score (nSPS) is 13.4. The van der Waals surface area contributed by atoms with Crippen LogP contribution in [-0.4, -0.2) is 41.9 Å². The maximum Gasteiger partial charge on any atom is 0.257 e. The highest BCUT2D eigenvalue weighted by molar-refractivity contribution is 5.94. The Kier molecular flexibility index (Phi) is 5.01. The number of carbonyl (C=O) groups excluding carboxylic acids is 1. The van der Waals surface area contributed by atoms with E-state index in [1.807, 2.05) is 23.6 Å². The summed E-state index contributed by atoms with van der Waals surface area (Å²) < 4.78 is 18.3. The first kappa shape index (κ1) is 20.0. The maximum atomic E-state index is 14.6. The molecule has 0 radical (unpaired) electrons. The van der Waals surface area contributed by atoms with Gasteiger partial charge in [-0.2, -0.15) is 5.10 Å². The fourth-order valence-electron chi connectivity index (χ4n) is 4.12. The van der Waals surface area contributed by atoms with Crippen LogP contribution in [0.5, 0.6) is 0 Å². The molecule has 0 bridgehead atoms. The minimum absolute atomic E-state index is 0.0107. The standard InChI is InChI=1S/C23H21FN6O2/c1-2-21-26-27-22-14-28(9-10-29(21)22)23(32)17-11-15(7-8-18(17)24)13-30-19-6-4-3-5-16(19)20(31)12-25-30/h3-8,11-12H,2,9-10,13-14H2,1H3. The molecule has 3 heterocycles. The van der Waals surface area contributed by atoms with Gasteiger partial charge < -0.3 is 9.47 Å². The van der Waals surface area contributed by atoms with Crippen molar-refractivity contribution in [2.24, 2.45) is 0 Å². The van der Waals surface area contributed by atoms with E-state index in [1.54, 1.807) is 33.8 Å². The van der Waals surface area contributed by atoms with Gasteiger partial charge in [-0.1, -0.05) is 25.1 Å². The zero-order chi connectivity index (χ0) is 22.2. The molecule has 0 fully saturated rings. The van der Waals surface area contributed by atoms with Crippen molar-refractivity contribution in [2.75, 3.05) is 6.54 Å². The summed E-state index contributed by atoms with van der Waals surface area (Å²) in [5, 5.41) is 13.1. The molecule has 2 aromatic carbocycles. The van der Waals surface area contributed by atoms with Crippen molar-refractivity contribution in [1.82, 2.24) is 29.4 Å². The number of benzene rings is 2. The molecule has 0 saturated carbocycles. The number of aryl methyl sites for hydroxylation is 1. The minimum atomic E-state index is -0.572. The minimum Gasteiger partial charge on any atom is -0.329 e. The van der Waals surface area contributed by atoms with Crippen molar-refractivity contribution < 1.29 is 9.18 Å². The van der Waals surface area contributed by atoms with Crippen molar-refractivity contribution >= 4 is 16.8 Å². The molecule has 1 aliphatic rings. The third kappa shape index (κ3) is 3.45. The smallest absolute Gasteiger partial charge is 0.257 e. The zero-order valence-corrected chi connectivity index (χ0v) is 17.5. The van der Waals surface area contributed by atoms with Crippen molar-refractivity contribution in [1.29, 1.82) is 0 Å². The summed E-state index contributed by atoms with van der Waals surface area (Å²) in [5.41, 5.74) is 1.25. The van der Waals surface area contributed by atoms with E-state index in [0.717, 1.165) is 12.2 Å². The number of carbonyl (C=O) groups is 1. The predicted octanol–water partition coefficient (Wildman–Crippen LogP) is 2.39. The topological polar surface area (TPSA) is 85.9 Å². The zero-order valence-electron chi connectivity index (χ0n) is 17.5. The van der Waals surface area contributed by atoms with Gasteiger partial charge in [0.1, 0.15) is 11.6 Å². The van der Waals surface area contributed by atoms with Crippen LogP contribution < -0.4 is 5.43 Å². The fourth-order valence-corrected chi connectivity index (χ4v) is 4.12. The lowest BCUT2D eigenvalue weighted by Gasteiger charge is -2.28. The van der Waals surface area contributed by atoms with Gasteiger partial charge in [-0.15, -0.1) is 10.2 Å². The van der Waals surface area contributed by atoms with E-state index in [-0.39, 0.29) is 16.9 Å². The lowest BCUT2D eigenvalue weighted by atomic mass is 10.1. The number of para-hydroxylation sites is 1. The number of hydrogen-bond donors (Lipinski definition) is 0. The van der Waals surface area contributed by atoms with E-state index in [9.17, 15) is 14.0 Å². The monoisotopic (exact) mass is 432 g/mol. The molecule has 8 nitrogen and oxygen atoms in total. The molecule has 1 aliphatic heterocycles. The molecular weight excluding hydrogens is 411 g/mol. The molecule has 32 heavy (non-hydrogen) atoms. The Bertz CT molecular complexity index is 1390. The van der Waals surface area contributed by atoms with Crippen LogP contribution >= 0.6 is 0 Å². The summed E-state index contributed by atoms with van der Waals surface area (Å²) >= 11 is 0. The van der Waals surface area contributed by atoms with Gasteiger partial charge in [0.05, 0.1) is 30.4 Å². The lowest BCUT2D eigenvalue weighted by Crippen LogP contribution is -2.39. The third-order valence-corrected chi connectivity index (χ3v) is 5.79. The fraction of sp³-hybridized carbons (Fsp3) is 0.261. The Morgan fingerprint density at radius 1 is 1.12 bits per heavy atom. The molecule has 0 N–H and O–H groups in total. The second kappa shape index (κ2) is 7.99. The molecule has 162 valence electrons. The van der Waals surface area contributed by atoms with E-state index in [4.69, 9.17) is 0 Å². The molecule has 5 rings (SSSR count). The van der Waals surface area contributed by atoms with Crippen LogP contribution in [0, 0.1) is 5.82 Å². The van der Waals surface area contributed by atoms with Crippen LogP contribution in [0.4, 0.5) is 4.39 Å².